The molecule has 2 nitrogen and oxygen atoms in total. The van der Waals surface area contributed by atoms with E-state index < -0.39 is 0 Å². The van der Waals surface area contributed by atoms with Crippen LogP contribution in [-0.4, -0.2) is 9.97 Å². The van der Waals surface area contributed by atoms with Crippen molar-refractivity contribution < 1.29 is 0 Å². The number of H-pyrrole nitrogens is 2. The molecular weight excluding hydrogens is 247 g/mol. The van der Waals surface area contributed by atoms with E-state index in [0.717, 1.165) is 11.3 Å². The van der Waals surface area contributed by atoms with Gasteiger partial charge in [0.15, 0.2) is 4.77 Å². The van der Waals surface area contributed by atoms with Crippen molar-refractivity contribution in [1.82, 2.24) is 9.97 Å². The number of nitrogens with one attached hydrogen (secondary N) is 2. The van der Waals surface area contributed by atoms with Crippen LogP contribution in [0.4, 0.5) is 0 Å². The molecule has 6 heteroatoms. The van der Waals surface area contributed by atoms with Gasteiger partial charge in [0.2, 0.25) is 0 Å². The number of aromatic amines is 2. The van der Waals surface area contributed by atoms with Crippen molar-refractivity contribution in [2.24, 2.45) is 0 Å². The van der Waals surface area contributed by atoms with Gasteiger partial charge < -0.3 is 9.97 Å². The minimum absolute atomic E-state index is 0.577. The summed E-state index contributed by atoms with van der Waals surface area (Å²) in [4.78, 5) is 5.84. The molecule has 0 aliphatic rings. The lowest BCUT2D eigenvalue weighted by molar-refractivity contribution is 1.27. The summed E-state index contributed by atoms with van der Waals surface area (Å²) in [5.41, 5.74) is 1.74. The molecule has 0 amide bonds. The Labute approximate surface area is 93.5 Å². The van der Waals surface area contributed by atoms with E-state index >= 15 is 0 Å². The van der Waals surface area contributed by atoms with Gasteiger partial charge >= 0.3 is 0 Å². The normalized spacial score (nSPS) is 10.6. The van der Waals surface area contributed by atoms with Gasteiger partial charge in [-0.1, -0.05) is 23.2 Å². The Morgan fingerprint density at radius 1 is 1.38 bits per heavy atom. The van der Waals surface area contributed by atoms with Crippen molar-refractivity contribution in [2.45, 2.75) is 0 Å². The number of hydrogen-bond donors (Lipinski definition) is 2. The molecule has 13 heavy (non-hydrogen) atoms. The van der Waals surface area contributed by atoms with Gasteiger partial charge in [-0.2, -0.15) is 0 Å². The third-order valence-corrected chi connectivity index (χ3v) is 3.25. The fraction of sp³-hybridized carbons (Fsp3) is 0. The lowest BCUT2D eigenvalue weighted by Crippen LogP contribution is -1.71. The van der Waals surface area contributed by atoms with Crippen LogP contribution < -0.4 is 0 Å². The predicted molar refractivity (Wildman–Crippen MR) is 59.3 cm³/mol. The summed E-state index contributed by atoms with van der Waals surface area (Å²) in [5.74, 6) is 0. The van der Waals surface area contributed by atoms with Gasteiger partial charge in [0, 0.05) is 11.8 Å². The molecule has 0 aliphatic heterocycles. The van der Waals surface area contributed by atoms with Gasteiger partial charge in [-0.15, -0.1) is 11.3 Å². The summed E-state index contributed by atoms with van der Waals surface area (Å²) >= 11 is 18.0. The summed E-state index contributed by atoms with van der Waals surface area (Å²) in [6.07, 6.45) is 1.77. The highest BCUT2D eigenvalue weighted by molar-refractivity contribution is 7.71. The van der Waals surface area contributed by atoms with E-state index in [1.165, 1.54) is 11.3 Å². The molecule has 0 radical (unpaired) electrons. The van der Waals surface area contributed by atoms with Crippen LogP contribution >= 0.6 is 46.8 Å². The number of imidazole rings is 1. The maximum Gasteiger partial charge on any atom is 0.174 e. The first-order valence-corrected chi connectivity index (χ1v) is 5.38. The summed E-state index contributed by atoms with van der Waals surface area (Å²) in [7, 11) is 0. The zero-order valence-corrected chi connectivity index (χ0v) is 9.37. The third-order valence-electron chi connectivity index (χ3n) is 1.54. The Balaban J connectivity index is 2.57. The first-order valence-electron chi connectivity index (χ1n) is 3.40. The van der Waals surface area contributed by atoms with Crippen LogP contribution in [0.3, 0.4) is 0 Å². The van der Waals surface area contributed by atoms with E-state index in [0.29, 0.717) is 13.4 Å². The molecule has 2 N–H and O–H groups in total. The standard InChI is InChI=1S/C7H4Cl2N2S2/c8-5-1-3(6(9)13-5)4-2-10-7(12)11-4/h1-2H,(H2,10,11,12). The molecule has 68 valence electrons. The monoisotopic (exact) mass is 250 g/mol. The van der Waals surface area contributed by atoms with Crippen molar-refractivity contribution in [1.29, 1.82) is 0 Å². The van der Waals surface area contributed by atoms with Crippen molar-refractivity contribution in [3.63, 3.8) is 0 Å². The minimum atomic E-state index is 0.577. The molecule has 0 saturated carbocycles. The van der Waals surface area contributed by atoms with E-state index in [9.17, 15) is 0 Å². The zero-order chi connectivity index (χ0) is 9.42. The van der Waals surface area contributed by atoms with E-state index in [4.69, 9.17) is 35.4 Å². The molecule has 2 aromatic heterocycles. The highest BCUT2D eigenvalue weighted by Crippen LogP contribution is 2.36. The number of thiophene rings is 1. The highest BCUT2D eigenvalue weighted by Gasteiger charge is 2.08. The Morgan fingerprint density at radius 2 is 2.15 bits per heavy atom. The van der Waals surface area contributed by atoms with Crippen LogP contribution in [0.1, 0.15) is 0 Å². The van der Waals surface area contributed by atoms with Gasteiger partial charge in [-0.25, -0.2) is 0 Å². The fourth-order valence-electron chi connectivity index (χ4n) is 1.00. The van der Waals surface area contributed by atoms with Crippen LogP contribution in [0.5, 0.6) is 0 Å². The fourth-order valence-corrected chi connectivity index (χ4v) is 2.66. The first kappa shape index (κ1) is 9.27. The second-order valence-electron chi connectivity index (χ2n) is 2.39. The lowest BCUT2D eigenvalue weighted by Gasteiger charge is -1.90. The van der Waals surface area contributed by atoms with Gasteiger partial charge in [0.05, 0.1) is 10.0 Å². The van der Waals surface area contributed by atoms with E-state index in [2.05, 4.69) is 9.97 Å². The van der Waals surface area contributed by atoms with Crippen molar-refractivity contribution >= 4 is 46.8 Å². The van der Waals surface area contributed by atoms with Crippen LogP contribution in [0.15, 0.2) is 12.3 Å². The topological polar surface area (TPSA) is 31.6 Å². The number of hydrogen-bond acceptors (Lipinski definition) is 2. The average Bonchev–Trinajstić information content (AvgIpc) is 2.58. The smallest absolute Gasteiger partial charge is 0.174 e. The Kier molecular flexibility index (Phi) is 2.47. The predicted octanol–water partition coefficient (Wildman–Crippen LogP) is 4.11. The molecule has 0 saturated heterocycles. The molecular formula is C7H4Cl2N2S2. The van der Waals surface area contributed by atoms with E-state index in [-0.39, 0.29) is 0 Å². The number of aromatic nitrogens is 2. The van der Waals surface area contributed by atoms with Crippen molar-refractivity contribution in [2.75, 3.05) is 0 Å². The van der Waals surface area contributed by atoms with Crippen molar-refractivity contribution in [3.8, 4) is 11.3 Å². The average molecular weight is 251 g/mol. The Hall–Kier alpha value is -0.290. The Morgan fingerprint density at radius 3 is 2.62 bits per heavy atom. The number of halogens is 2. The highest BCUT2D eigenvalue weighted by atomic mass is 35.5. The van der Waals surface area contributed by atoms with Crippen LogP contribution in [0.25, 0.3) is 11.3 Å². The molecule has 2 rings (SSSR count). The SMILES string of the molecule is S=c1[nH]cc(-c2cc(Cl)sc2Cl)[nH]1. The van der Waals surface area contributed by atoms with Crippen LogP contribution in [-0.2, 0) is 0 Å². The molecule has 0 spiro atoms. The molecule has 0 bridgehead atoms. The van der Waals surface area contributed by atoms with Crippen LogP contribution in [0, 0.1) is 4.77 Å². The van der Waals surface area contributed by atoms with E-state index in [1.807, 2.05) is 6.07 Å². The maximum atomic E-state index is 5.96. The largest absolute Gasteiger partial charge is 0.337 e. The van der Waals surface area contributed by atoms with Gasteiger partial charge in [0.1, 0.15) is 4.34 Å². The molecule has 0 aromatic carbocycles. The van der Waals surface area contributed by atoms with Gasteiger partial charge in [-0.3, -0.25) is 0 Å². The summed E-state index contributed by atoms with van der Waals surface area (Å²) in [6.45, 7) is 0. The molecule has 0 fully saturated rings. The molecule has 0 unspecified atom stereocenters. The van der Waals surface area contributed by atoms with Crippen molar-refractivity contribution in [3.05, 3.63) is 25.7 Å². The summed E-state index contributed by atoms with van der Waals surface area (Å²) in [5, 5.41) is 0. The minimum Gasteiger partial charge on any atom is -0.337 e. The Bertz CT molecular complexity index is 483. The lowest BCUT2D eigenvalue weighted by atomic mass is 10.3. The third kappa shape index (κ3) is 1.81. The van der Waals surface area contributed by atoms with Gasteiger partial charge in [-0.05, 0) is 18.3 Å². The second-order valence-corrected chi connectivity index (χ2v) is 5.09. The maximum absolute atomic E-state index is 5.96. The second kappa shape index (κ2) is 3.46. The quantitative estimate of drug-likeness (QED) is 0.734. The van der Waals surface area contributed by atoms with E-state index in [1.54, 1.807) is 6.20 Å². The molecule has 0 aliphatic carbocycles. The molecule has 2 heterocycles. The summed E-state index contributed by atoms with van der Waals surface area (Å²) in [6, 6.07) is 1.81. The molecule has 2 aromatic rings. The first-order chi connectivity index (χ1) is 6.16. The molecule has 0 atom stereocenters. The number of rotatable bonds is 1. The van der Waals surface area contributed by atoms with Gasteiger partial charge in [0.25, 0.3) is 0 Å². The van der Waals surface area contributed by atoms with Crippen LogP contribution in [0.2, 0.25) is 8.67 Å². The summed E-state index contributed by atoms with van der Waals surface area (Å²) < 4.78 is 1.91. The zero-order valence-electron chi connectivity index (χ0n) is 6.23.